The van der Waals surface area contributed by atoms with Gasteiger partial charge >= 0.3 is 0 Å². The van der Waals surface area contributed by atoms with E-state index in [4.69, 9.17) is 0 Å². The number of hydrogen-bond donors (Lipinski definition) is 1. The Bertz CT molecular complexity index is 746. The summed E-state index contributed by atoms with van der Waals surface area (Å²) in [7, 11) is 0. The third-order valence-electron chi connectivity index (χ3n) is 3.46. The Morgan fingerprint density at radius 1 is 1.05 bits per heavy atom. The summed E-state index contributed by atoms with van der Waals surface area (Å²) >= 11 is 0. The van der Waals surface area contributed by atoms with E-state index in [0.717, 1.165) is 29.3 Å². The topological polar surface area (TPSA) is 42.7 Å². The molecule has 2 heterocycles. The van der Waals surface area contributed by atoms with Crippen LogP contribution in [0.2, 0.25) is 0 Å². The van der Waals surface area contributed by atoms with Crippen LogP contribution in [0.4, 0.5) is 5.69 Å². The molecule has 0 aliphatic rings. The highest BCUT2D eigenvalue weighted by atomic mass is 15.3. The van der Waals surface area contributed by atoms with Gasteiger partial charge in [0.1, 0.15) is 0 Å². The lowest BCUT2D eigenvalue weighted by atomic mass is 10.2. The number of anilines is 1. The summed E-state index contributed by atoms with van der Waals surface area (Å²) < 4.78 is 1.90. The molecule has 0 aliphatic carbocycles. The molecule has 0 aliphatic heterocycles. The zero-order valence-corrected chi connectivity index (χ0v) is 12.2. The SMILES string of the molecule is Cc1ccn(-c2ccccc2NCc2cccnc2C)n1. The van der Waals surface area contributed by atoms with Crippen molar-refractivity contribution in [3.05, 3.63) is 71.8 Å². The lowest BCUT2D eigenvalue weighted by Gasteiger charge is -2.13. The fourth-order valence-corrected chi connectivity index (χ4v) is 2.27. The zero-order valence-electron chi connectivity index (χ0n) is 12.2. The number of rotatable bonds is 4. The second kappa shape index (κ2) is 5.79. The minimum absolute atomic E-state index is 0.747. The van der Waals surface area contributed by atoms with Crippen LogP contribution in [-0.2, 0) is 6.54 Å². The van der Waals surface area contributed by atoms with Gasteiger partial charge in [0.05, 0.1) is 17.1 Å². The first-order valence-corrected chi connectivity index (χ1v) is 7.00. The highest BCUT2D eigenvalue weighted by Crippen LogP contribution is 2.20. The highest BCUT2D eigenvalue weighted by molar-refractivity contribution is 5.60. The van der Waals surface area contributed by atoms with Crippen LogP contribution >= 0.6 is 0 Å². The fourth-order valence-electron chi connectivity index (χ4n) is 2.27. The summed E-state index contributed by atoms with van der Waals surface area (Å²) in [5.41, 5.74) is 5.37. The third-order valence-corrected chi connectivity index (χ3v) is 3.46. The van der Waals surface area contributed by atoms with Crippen LogP contribution < -0.4 is 5.32 Å². The number of benzene rings is 1. The number of aromatic nitrogens is 3. The summed E-state index contributed by atoms with van der Waals surface area (Å²) in [5, 5.41) is 7.96. The second-order valence-electron chi connectivity index (χ2n) is 5.02. The Hall–Kier alpha value is -2.62. The number of para-hydroxylation sites is 2. The van der Waals surface area contributed by atoms with Gasteiger partial charge in [-0.25, -0.2) is 4.68 Å². The van der Waals surface area contributed by atoms with Crippen molar-refractivity contribution in [3.8, 4) is 5.69 Å². The number of pyridine rings is 1. The molecule has 0 fully saturated rings. The van der Waals surface area contributed by atoms with E-state index < -0.39 is 0 Å². The van der Waals surface area contributed by atoms with Crippen molar-refractivity contribution >= 4 is 5.69 Å². The van der Waals surface area contributed by atoms with Gasteiger partial charge in [0.15, 0.2) is 0 Å². The van der Waals surface area contributed by atoms with Crippen molar-refractivity contribution in [3.63, 3.8) is 0 Å². The Morgan fingerprint density at radius 2 is 1.90 bits per heavy atom. The molecule has 106 valence electrons. The number of nitrogens with one attached hydrogen (secondary N) is 1. The second-order valence-corrected chi connectivity index (χ2v) is 5.02. The van der Waals surface area contributed by atoms with E-state index in [1.807, 2.05) is 55.2 Å². The normalized spacial score (nSPS) is 10.6. The fraction of sp³-hybridized carbons (Fsp3) is 0.176. The standard InChI is InChI=1S/C17H18N4/c1-13-9-11-21(20-13)17-8-4-3-7-16(17)19-12-15-6-5-10-18-14(15)2/h3-11,19H,12H2,1-2H3. The molecule has 0 bridgehead atoms. The number of hydrogen-bond acceptors (Lipinski definition) is 3. The van der Waals surface area contributed by atoms with Crippen LogP contribution in [0.1, 0.15) is 17.0 Å². The molecule has 1 aromatic carbocycles. The maximum absolute atomic E-state index is 4.48. The van der Waals surface area contributed by atoms with Gasteiger partial charge in [-0.2, -0.15) is 5.10 Å². The van der Waals surface area contributed by atoms with Gasteiger partial charge in [0.25, 0.3) is 0 Å². The van der Waals surface area contributed by atoms with Crippen LogP contribution in [0.5, 0.6) is 0 Å². The smallest absolute Gasteiger partial charge is 0.0877 e. The highest BCUT2D eigenvalue weighted by Gasteiger charge is 2.05. The van der Waals surface area contributed by atoms with Gasteiger partial charge in [-0.3, -0.25) is 4.98 Å². The first-order chi connectivity index (χ1) is 10.2. The van der Waals surface area contributed by atoms with Crippen LogP contribution in [0.3, 0.4) is 0 Å². The Morgan fingerprint density at radius 3 is 2.67 bits per heavy atom. The van der Waals surface area contributed by atoms with E-state index in [0.29, 0.717) is 0 Å². The van der Waals surface area contributed by atoms with E-state index in [1.54, 1.807) is 0 Å². The molecule has 0 unspecified atom stereocenters. The maximum atomic E-state index is 4.48. The molecule has 0 radical (unpaired) electrons. The monoisotopic (exact) mass is 278 g/mol. The zero-order chi connectivity index (χ0) is 14.7. The predicted molar refractivity (Wildman–Crippen MR) is 84.6 cm³/mol. The molecular formula is C17H18N4. The molecule has 21 heavy (non-hydrogen) atoms. The van der Waals surface area contributed by atoms with Crippen LogP contribution in [0.25, 0.3) is 5.69 Å². The lowest BCUT2D eigenvalue weighted by molar-refractivity contribution is 0.861. The van der Waals surface area contributed by atoms with Crippen molar-refractivity contribution in [2.75, 3.05) is 5.32 Å². The largest absolute Gasteiger partial charge is 0.379 e. The molecule has 1 N–H and O–H groups in total. The van der Waals surface area contributed by atoms with Crippen LogP contribution in [-0.4, -0.2) is 14.8 Å². The van der Waals surface area contributed by atoms with E-state index in [2.05, 4.69) is 33.6 Å². The molecule has 0 spiro atoms. The number of nitrogens with zero attached hydrogens (tertiary/aromatic N) is 3. The van der Waals surface area contributed by atoms with Crippen LogP contribution in [0, 0.1) is 13.8 Å². The van der Waals surface area contributed by atoms with Gasteiger partial charge in [-0.15, -0.1) is 0 Å². The van der Waals surface area contributed by atoms with E-state index >= 15 is 0 Å². The molecule has 0 saturated carbocycles. The summed E-state index contributed by atoms with van der Waals surface area (Å²) in [6.07, 6.45) is 3.80. The Labute approximate surface area is 124 Å². The first kappa shape index (κ1) is 13.4. The molecule has 3 aromatic rings. The molecule has 0 atom stereocenters. The van der Waals surface area contributed by atoms with E-state index in [9.17, 15) is 0 Å². The molecule has 2 aromatic heterocycles. The molecule has 0 amide bonds. The first-order valence-electron chi connectivity index (χ1n) is 7.00. The van der Waals surface area contributed by atoms with E-state index in [1.165, 1.54) is 5.56 Å². The van der Waals surface area contributed by atoms with Gasteiger partial charge in [0.2, 0.25) is 0 Å². The lowest BCUT2D eigenvalue weighted by Crippen LogP contribution is -2.06. The van der Waals surface area contributed by atoms with E-state index in [-0.39, 0.29) is 0 Å². The van der Waals surface area contributed by atoms with Crippen molar-refractivity contribution in [1.29, 1.82) is 0 Å². The third kappa shape index (κ3) is 2.94. The molecule has 3 rings (SSSR count). The quantitative estimate of drug-likeness (QED) is 0.794. The van der Waals surface area contributed by atoms with Crippen molar-refractivity contribution in [1.82, 2.24) is 14.8 Å². The van der Waals surface area contributed by atoms with Gasteiger partial charge in [-0.1, -0.05) is 18.2 Å². The molecule has 4 nitrogen and oxygen atoms in total. The Kier molecular flexibility index (Phi) is 3.69. The Balaban J connectivity index is 1.85. The van der Waals surface area contributed by atoms with Gasteiger partial charge in [0, 0.05) is 24.6 Å². The van der Waals surface area contributed by atoms with Crippen molar-refractivity contribution < 1.29 is 0 Å². The maximum Gasteiger partial charge on any atom is 0.0877 e. The summed E-state index contributed by atoms with van der Waals surface area (Å²) in [4.78, 5) is 4.32. The molecule has 4 heteroatoms. The minimum atomic E-state index is 0.747. The minimum Gasteiger partial charge on any atom is -0.379 e. The van der Waals surface area contributed by atoms with Crippen molar-refractivity contribution in [2.24, 2.45) is 0 Å². The number of aryl methyl sites for hydroxylation is 2. The van der Waals surface area contributed by atoms with Gasteiger partial charge < -0.3 is 5.32 Å². The average Bonchev–Trinajstić information content (AvgIpc) is 2.93. The predicted octanol–water partition coefficient (Wildman–Crippen LogP) is 3.50. The molecule has 0 saturated heterocycles. The summed E-state index contributed by atoms with van der Waals surface area (Å²) in [5.74, 6) is 0. The average molecular weight is 278 g/mol. The molecular weight excluding hydrogens is 260 g/mol. The van der Waals surface area contributed by atoms with Crippen molar-refractivity contribution in [2.45, 2.75) is 20.4 Å². The van der Waals surface area contributed by atoms with Gasteiger partial charge in [-0.05, 0) is 43.7 Å². The summed E-state index contributed by atoms with van der Waals surface area (Å²) in [6.45, 7) is 4.77. The van der Waals surface area contributed by atoms with Crippen LogP contribution in [0.15, 0.2) is 54.9 Å². The summed E-state index contributed by atoms with van der Waals surface area (Å²) in [6, 6.07) is 14.2.